The third kappa shape index (κ3) is 2.95. The third-order valence-electron chi connectivity index (χ3n) is 6.90. The molecule has 3 aliphatic rings. The first-order chi connectivity index (χ1) is 15.8. The van der Waals surface area contributed by atoms with Crippen molar-refractivity contribution in [1.29, 1.82) is 0 Å². The van der Waals surface area contributed by atoms with Crippen LogP contribution in [0.25, 0.3) is 28.0 Å². The van der Waals surface area contributed by atoms with Crippen LogP contribution in [0.3, 0.4) is 0 Å². The summed E-state index contributed by atoms with van der Waals surface area (Å²) in [5.41, 5.74) is 3.28. The Bertz CT molecular complexity index is 1630. The fourth-order valence-corrected chi connectivity index (χ4v) is 5.23. The molecule has 0 aromatic heterocycles. The number of benzene rings is 3. The number of allylic oxidation sites excluding steroid dienone is 2. The third-order valence-corrected chi connectivity index (χ3v) is 6.90. The number of nitrogens with zero attached hydrogens (tertiary/aromatic N) is 2. The Morgan fingerprint density at radius 3 is 2.36 bits per heavy atom. The van der Waals surface area contributed by atoms with Gasteiger partial charge in [-0.05, 0) is 42.3 Å². The first-order valence-electron chi connectivity index (χ1n) is 11.3. The van der Waals surface area contributed by atoms with Crippen LogP contribution in [0, 0.1) is 0 Å². The number of likely N-dealkylation sites (N-methyl/N-ethyl adjacent to an activating group) is 1. The summed E-state index contributed by atoms with van der Waals surface area (Å²) >= 11 is 0. The Labute approximate surface area is 191 Å². The number of rotatable bonds is 3. The lowest BCUT2D eigenvalue weighted by molar-refractivity contribution is 0.639. The molecule has 5 heteroatoms. The number of aromatic nitrogens is 1. The fourth-order valence-electron chi connectivity index (χ4n) is 5.23. The van der Waals surface area contributed by atoms with Gasteiger partial charge in [-0.3, -0.25) is 19.0 Å². The minimum Gasteiger partial charge on any atom is -0.347 e. The molecule has 0 radical (unpaired) electrons. The highest BCUT2D eigenvalue weighted by atomic mass is 16.2. The molecule has 5 nitrogen and oxygen atoms in total. The average Bonchev–Trinajstić information content (AvgIpc) is 3.00. The maximum absolute atomic E-state index is 13.3. The standard InChI is InChI=1S/C28H26N2O3/c1-5-15-30-26(32)19-10-8-9-18-24(19)20(27(30)33)16-17(25(18)31)13-14-23-28(2,3)21-11-6-7-12-22(21)29(23)4/h6-14,16H,5,15H2,1-4H3. The Hall–Kier alpha value is -3.73. The van der Waals surface area contributed by atoms with E-state index in [1.165, 1.54) is 10.1 Å². The van der Waals surface area contributed by atoms with Crippen LogP contribution < -0.4 is 26.7 Å². The van der Waals surface area contributed by atoms with Gasteiger partial charge >= 0.3 is 0 Å². The highest BCUT2D eigenvalue weighted by Crippen LogP contribution is 2.46. The highest BCUT2D eigenvalue weighted by Gasteiger charge is 2.37. The van der Waals surface area contributed by atoms with E-state index in [1.54, 1.807) is 30.3 Å². The van der Waals surface area contributed by atoms with Crippen LogP contribution in [0.5, 0.6) is 0 Å². The second-order valence-corrected chi connectivity index (χ2v) is 9.25. The number of hydrogen-bond acceptors (Lipinski definition) is 4. The molecule has 2 aromatic rings. The Balaban J connectivity index is 1.80. The molecule has 0 amide bonds. The molecule has 0 unspecified atom stereocenters. The van der Waals surface area contributed by atoms with Crippen molar-refractivity contribution in [2.75, 3.05) is 11.9 Å². The van der Waals surface area contributed by atoms with Gasteiger partial charge in [0.05, 0.1) is 0 Å². The molecule has 33 heavy (non-hydrogen) atoms. The Morgan fingerprint density at radius 1 is 0.909 bits per heavy atom. The number of hydrogen-bond donors (Lipinski definition) is 0. The predicted octanol–water partition coefficient (Wildman–Crippen LogP) is 3.49. The maximum atomic E-state index is 13.3. The second kappa shape index (κ2) is 7.41. The van der Waals surface area contributed by atoms with E-state index >= 15 is 0 Å². The lowest BCUT2D eigenvalue weighted by atomic mass is 9.83. The monoisotopic (exact) mass is 438 g/mol. The molecule has 0 N–H and O–H groups in total. The Kier molecular flexibility index (Phi) is 4.74. The number of anilines is 1. The zero-order chi connectivity index (χ0) is 23.5. The number of para-hydroxylation sites is 1. The lowest BCUT2D eigenvalue weighted by Crippen LogP contribution is -2.37. The molecule has 2 aliphatic heterocycles. The molecule has 2 heterocycles. The molecule has 2 aromatic carbocycles. The Morgan fingerprint density at radius 2 is 1.64 bits per heavy atom. The SMILES string of the molecule is CCCn1c(=O)c2cc(=CC=C3N(C)c4ccccc4C3(C)C)c(=O)c3cccc(c3-2)c1=O. The molecule has 0 atom stereocenters. The zero-order valence-corrected chi connectivity index (χ0v) is 19.3. The molecule has 166 valence electrons. The van der Waals surface area contributed by atoms with Crippen molar-refractivity contribution in [1.82, 2.24) is 4.57 Å². The summed E-state index contributed by atoms with van der Waals surface area (Å²) in [4.78, 5) is 41.6. The van der Waals surface area contributed by atoms with Crippen molar-refractivity contribution < 1.29 is 0 Å². The molecule has 0 saturated carbocycles. The largest absolute Gasteiger partial charge is 0.347 e. The minimum absolute atomic E-state index is 0.173. The minimum atomic E-state index is -0.335. The van der Waals surface area contributed by atoms with Crippen molar-refractivity contribution in [3.63, 3.8) is 0 Å². The summed E-state index contributed by atoms with van der Waals surface area (Å²) in [6, 6.07) is 15.0. The lowest BCUT2D eigenvalue weighted by Gasteiger charge is -2.23. The van der Waals surface area contributed by atoms with Gasteiger partial charge in [0.15, 0.2) is 5.43 Å². The zero-order valence-electron chi connectivity index (χ0n) is 19.3. The summed E-state index contributed by atoms with van der Waals surface area (Å²) < 4.78 is 1.29. The molecule has 0 spiro atoms. The van der Waals surface area contributed by atoms with Gasteiger partial charge in [-0.2, -0.15) is 0 Å². The van der Waals surface area contributed by atoms with Gasteiger partial charge in [0.25, 0.3) is 11.1 Å². The summed E-state index contributed by atoms with van der Waals surface area (Å²) in [5, 5.41) is 1.28. The van der Waals surface area contributed by atoms with Gasteiger partial charge in [-0.1, -0.05) is 51.1 Å². The van der Waals surface area contributed by atoms with Crippen molar-refractivity contribution >= 4 is 22.5 Å². The van der Waals surface area contributed by atoms with Gasteiger partial charge in [0.2, 0.25) is 0 Å². The summed E-state index contributed by atoms with van der Waals surface area (Å²) in [5.74, 6) is 0. The van der Waals surface area contributed by atoms with Gasteiger partial charge in [-0.15, -0.1) is 0 Å². The van der Waals surface area contributed by atoms with E-state index in [9.17, 15) is 14.4 Å². The van der Waals surface area contributed by atoms with Crippen molar-refractivity contribution in [3.05, 3.63) is 102 Å². The first-order valence-corrected chi connectivity index (χ1v) is 11.3. The predicted molar refractivity (Wildman–Crippen MR) is 134 cm³/mol. The molecular weight excluding hydrogens is 412 g/mol. The fraction of sp³-hybridized carbons (Fsp3) is 0.250. The summed E-state index contributed by atoms with van der Waals surface area (Å²) in [6.45, 7) is 6.62. The van der Waals surface area contributed by atoms with Crippen molar-refractivity contribution in [2.24, 2.45) is 0 Å². The normalized spacial score (nSPS) is 16.9. The van der Waals surface area contributed by atoms with E-state index in [-0.39, 0.29) is 22.0 Å². The van der Waals surface area contributed by atoms with Crippen LogP contribution in [0.4, 0.5) is 5.69 Å². The average molecular weight is 439 g/mol. The van der Waals surface area contributed by atoms with E-state index < -0.39 is 0 Å². The number of fused-ring (bicyclic) bond motifs is 1. The first kappa shape index (κ1) is 21.1. The van der Waals surface area contributed by atoms with Crippen LogP contribution in [0.2, 0.25) is 0 Å². The van der Waals surface area contributed by atoms with Crippen LogP contribution in [-0.4, -0.2) is 11.6 Å². The molecular formula is C28H26N2O3. The maximum Gasteiger partial charge on any atom is 0.261 e. The molecule has 5 rings (SSSR count). The van der Waals surface area contributed by atoms with E-state index in [1.807, 2.05) is 32.2 Å². The van der Waals surface area contributed by atoms with Gasteiger partial charge in [-0.25, -0.2) is 0 Å². The quantitative estimate of drug-likeness (QED) is 0.491. The van der Waals surface area contributed by atoms with Crippen molar-refractivity contribution in [2.45, 2.75) is 39.2 Å². The highest BCUT2D eigenvalue weighted by molar-refractivity contribution is 5.96. The molecule has 1 aliphatic carbocycles. The summed E-state index contributed by atoms with van der Waals surface area (Å²) in [6.07, 6.45) is 4.45. The molecule has 0 saturated heterocycles. The van der Waals surface area contributed by atoms with Crippen LogP contribution >= 0.6 is 0 Å². The summed E-state index contributed by atoms with van der Waals surface area (Å²) in [7, 11) is 2.03. The topological polar surface area (TPSA) is 59.4 Å². The second-order valence-electron chi connectivity index (χ2n) is 9.25. The smallest absolute Gasteiger partial charge is 0.261 e. The molecule has 0 fully saturated rings. The van der Waals surface area contributed by atoms with Gasteiger partial charge in [0, 0.05) is 57.5 Å². The van der Waals surface area contributed by atoms with Crippen LogP contribution in [-0.2, 0) is 12.0 Å². The van der Waals surface area contributed by atoms with Crippen molar-refractivity contribution in [3.8, 4) is 11.1 Å². The number of pyridine rings is 1. The van der Waals surface area contributed by atoms with E-state index in [4.69, 9.17) is 0 Å². The van der Waals surface area contributed by atoms with Crippen LogP contribution in [0.15, 0.2) is 74.7 Å². The van der Waals surface area contributed by atoms with Crippen LogP contribution in [0.1, 0.15) is 32.8 Å². The van der Waals surface area contributed by atoms with E-state index in [2.05, 4.69) is 30.9 Å². The molecule has 0 bridgehead atoms. The van der Waals surface area contributed by atoms with Gasteiger partial charge in [0.1, 0.15) is 0 Å². The van der Waals surface area contributed by atoms with E-state index in [0.29, 0.717) is 40.1 Å². The van der Waals surface area contributed by atoms with Gasteiger partial charge < -0.3 is 4.90 Å². The van der Waals surface area contributed by atoms with E-state index in [0.717, 1.165) is 11.4 Å².